The summed E-state index contributed by atoms with van der Waals surface area (Å²) < 4.78 is 10.6. The molecule has 3 aromatic rings. The van der Waals surface area contributed by atoms with Crippen molar-refractivity contribution < 1.29 is 19.1 Å². The van der Waals surface area contributed by atoms with Gasteiger partial charge >= 0.3 is 5.97 Å². The molecule has 0 aliphatic heterocycles. The van der Waals surface area contributed by atoms with Crippen LogP contribution in [0.15, 0.2) is 27.6 Å². The van der Waals surface area contributed by atoms with Gasteiger partial charge in [0.2, 0.25) is 0 Å². The largest absolute Gasteiger partial charge is 0.468 e. The highest BCUT2D eigenvalue weighted by Crippen LogP contribution is 2.33. The number of aryl methyl sites for hydroxylation is 2. The molecule has 0 saturated heterocycles. The number of nitrogens with one attached hydrogen (secondary N) is 1. The number of carbonyl (C=O) groups excluding carboxylic acids is 1. The van der Waals surface area contributed by atoms with Gasteiger partial charge < -0.3 is 19.2 Å². The maximum atomic E-state index is 12.9. The van der Waals surface area contributed by atoms with Crippen molar-refractivity contribution in [2.75, 3.05) is 13.2 Å². The van der Waals surface area contributed by atoms with E-state index in [2.05, 4.69) is 4.98 Å². The number of aliphatic hydroxyl groups is 1. The summed E-state index contributed by atoms with van der Waals surface area (Å²) in [6.07, 6.45) is 5.98. The maximum Gasteiger partial charge on any atom is 0.305 e. The Morgan fingerprint density at radius 1 is 1.38 bits per heavy atom. The number of aliphatic hydroxyl groups excluding tert-OH is 1. The molecule has 1 aliphatic rings. The van der Waals surface area contributed by atoms with Crippen molar-refractivity contribution in [3.8, 4) is 0 Å². The van der Waals surface area contributed by atoms with Gasteiger partial charge in [0.25, 0.3) is 5.56 Å². The van der Waals surface area contributed by atoms with Gasteiger partial charge in [-0.3, -0.25) is 14.5 Å². The van der Waals surface area contributed by atoms with Crippen molar-refractivity contribution in [2.24, 2.45) is 0 Å². The van der Waals surface area contributed by atoms with Gasteiger partial charge in [-0.25, -0.2) is 4.98 Å². The predicted molar refractivity (Wildman–Crippen MR) is 122 cm³/mol. The number of fused-ring (bicyclic) bond motifs is 3. The molecule has 2 N–H and O–H groups in total. The van der Waals surface area contributed by atoms with Crippen molar-refractivity contribution in [1.82, 2.24) is 14.9 Å². The monoisotopic (exact) mass is 459 g/mol. The molecule has 0 aromatic carbocycles. The number of hydrogen-bond donors (Lipinski definition) is 2. The molecule has 0 fully saturated rings. The number of carbonyl (C=O) groups is 1. The van der Waals surface area contributed by atoms with Crippen molar-refractivity contribution in [3.63, 3.8) is 0 Å². The summed E-state index contributed by atoms with van der Waals surface area (Å²) in [7, 11) is 0. The quantitative estimate of drug-likeness (QED) is 0.448. The van der Waals surface area contributed by atoms with E-state index in [1.165, 1.54) is 4.88 Å². The second kappa shape index (κ2) is 10.4. The van der Waals surface area contributed by atoms with Gasteiger partial charge in [0.05, 0.1) is 24.7 Å². The zero-order valence-electron chi connectivity index (χ0n) is 18.3. The van der Waals surface area contributed by atoms with Crippen molar-refractivity contribution in [1.29, 1.82) is 0 Å². The third-order valence-corrected chi connectivity index (χ3v) is 6.75. The lowest BCUT2D eigenvalue weighted by atomic mass is 9.97. The Morgan fingerprint density at radius 2 is 2.22 bits per heavy atom. The molecule has 0 saturated carbocycles. The summed E-state index contributed by atoms with van der Waals surface area (Å²) in [5.74, 6) is 0.959. The number of hydrogen-bond acceptors (Lipinski definition) is 8. The second-order valence-corrected chi connectivity index (χ2v) is 9.32. The fourth-order valence-electron chi connectivity index (χ4n) is 4.12. The van der Waals surface area contributed by atoms with Crippen molar-refractivity contribution >= 4 is 27.5 Å². The van der Waals surface area contributed by atoms with Crippen LogP contribution in [0.4, 0.5) is 0 Å². The van der Waals surface area contributed by atoms with Gasteiger partial charge in [-0.15, -0.1) is 11.3 Å². The average molecular weight is 460 g/mol. The predicted octanol–water partition coefficient (Wildman–Crippen LogP) is 3.16. The Balaban J connectivity index is 1.50. The minimum atomic E-state index is -0.865. The Morgan fingerprint density at radius 3 is 3.00 bits per heavy atom. The molecule has 1 atom stereocenters. The van der Waals surface area contributed by atoms with Crippen LogP contribution >= 0.6 is 11.3 Å². The molecular weight excluding hydrogens is 430 g/mol. The van der Waals surface area contributed by atoms with Crippen LogP contribution in [0.1, 0.15) is 54.6 Å². The molecule has 0 radical (unpaired) electrons. The summed E-state index contributed by atoms with van der Waals surface area (Å²) in [6.45, 7) is 2.82. The smallest absolute Gasteiger partial charge is 0.305 e. The third kappa shape index (κ3) is 5.46. The molecule has 172 valence electrons. The van der Waals surface area contributed by atoms with E-state index in [0.29, 0.717) is 31.8 Å². The molecular formula is C23H29N3O5S. The topological polar surface area (TPSA) is 109 Å². The van der Waals surface area contributed by atoms with E-state index >= 15 is 0 Å². The first-order valence-corrected chi connectivity index (χ1v) is 12.0. The van der Waals surface area contributed by atoms with E-state index in [0.717, 1.165) is 47.2 Å². The first-order valence-electron chi connectivity index (χ1n) is 11.1. The molecule has 8 nitrogen and oxygen atoms in total. The molecule has 4 rings (SSSR count). The number of aromatic nitrogens is 2. The highest BCUT2D eigenvalue weighted by molar-refractivity contribution is 7.18. The molecule has 9 heteroatoms. The van der Waals surface area contributed by atoms with Crippen LogP contribution in [0.2, 0.25) is 0 Å². The summed E-state index contributed by atoms with van der Waals surface area (Å²) in [4.78, 5) is 36.1. The Bertz CT molecular complexity index is 1100. The van der Waals surface area contributed by atoms with Crippen LogP contribution in [-0.4, -0.2) is 45.2 Å². The normalized spacial score (nSPS) is 14.6. The molecule has 0 amide bonds. The molecule has 32 heavy (non-hydrogen) atoms. The molecule has 0 bridgehead atoms. The van der Waals surface area contributed by atoms with Crippen molar-refractivity contribution in [3.05, 3.63) is 50.8 Å². The first kappa shape index (κ1) is 22.7. The lowest BCUT2D eigenvalue weighted by molar-refractivity contribution is -0.147. The van der Waals surface area contributed by atoms with Gasteiger partial charge in [-0.05, 0) is 49.8 Å². The zero-order chi connectivity index (χ0) is 22.5. The van der Waals surface area contributed by atoms with Crippen LogP contribution in [0.5, 0.6) is 0 Å². The SMILES string of the molecule is CCCC(=O)OC[C@@H](O)CN(Cc1nc2sc3c(c2c(=O)[nH]1)CCCC3)Cc1ccco1. The maximum absolute atomic E-state index is 12.9. The number of furan rings is 1. The number of thiophene rings is 1. The van der Waals surface area contributed by atoms with Crippen molar-refractivity contribution in [2.45, 2.75) is 64.6 Å². The number of ether oxygens (including phenoxy) is 1. The van der Waals surface area contributed by atoms with Gasteiger partial charge in [-0.1, -0.05) is 6.92 Å². The average Bonchev–Trinajstić information content (AvgIpc) is 3.39. The van der Waals surface area contributed by atoms with Crippen LogP contribution in [0, 0.1) is 0 Å². The number of H-pyrrole nitrogens is 1. The van der Waals surface area contributed by atoms with E-state index < -0.39 is 6.10 Å². The van der Waals surface area contributed by atoms with Gasteiger partial charge in [0.1, 0.15) is 29.1 Å². The van der Waals surface area contributed by atoms with E-state index in [9.17, 15) is 14.7 Å². The lowest BCUT2D eigenvalue weighted by Gasteiger charge is -2.23. The minimum Gasteiger partial charge on any atom is -0.468 e. The number of aromatic amines is 1. The van der Waals surface area contributed by atoms with E-state index in [1.807, 2.05) is 17.9 Å². The molecule has 1 aliphatic carbocycles. The highest BCUT2D eigenvalue weighted by atomic mass is 32.1. The summed E-state index contributed by atoms with van der Waals surface area (Å²) in [5, 5.41) is 11.2. The van der Waals surface area contributed by atoms with Gasteiger partial charge in [0.15, 0.2) is 0 Å². The molecule has 0 unspecified atom stereocenters. The van der Waals surface area contributed by atoms with Crippen LogP contribution in [0.25, 0.3) is 10.2 Å². The van der Waals surface area contributed by atoms with E-state index in [1.54, 1.807) is 23.7 Å². The van der Waals surface area contributed by atoms with Crippen LogP contribution in [-0.2, 0) is 35.5 Å². The lowest BCUT2D eigenvalue weighted by Crippen LogP contribution is -2.35. The highest BCUT2D eigenvalue weighted by Gasteiger charge is 2.21. The first-order chi connectivity index (χ1) is 15.5. The Hall–Kier alpha value is -2.49. The number of esters is 1. The fourth-order valence-corrected chi connectivity index (χ4v) is 5.40. The molecule has 0 spiro atoms. The van der Waals surface area contributed by atoms with Crippen LogP contribution in [0.3, 0.4) is 0 Å². The summed E-state index contributed by atoms with van der Waals surface area (Å²) in [5.41, 5.74) is 1.06. The summed E-state index contributed by atoms with van der Waals surface area (Å²) >= 11 is 1.62. The van der Waals surface area contributed by atoms with Gasteiger partial charge in [-0.2, -0.15) is 0 Å². The Labute approximate surface area is 190 Å². The van der Waals surface area contributed by atoms with E-state index in [-0.39, 0.29) is 24.7 Å². The zero-order valence-corrected chi connectivity index (χ0v) is 19.1. The summed E-state index contributed by atoms with van der Waals surface area (Å²) in [6, 6.07) is 3.66. The van der Waals surface area contributed by atoms with Gasteiger partial charge in [0, 0.05) is 17.8 Å². The number of nitrogens with zero attached hydrogens (tertiary/aromatic N) is 2. The molecule has 3 aromatic heterocycles. The van der Waals surface area contributed by atoms with E-state index in [4.69, 9.17) is 14.1 Å². The minimum absolute atomic E-state index is 0.0753. The fraction of sp³-hybridized carbons (Fsp3) is 0.522. The third-order valence-electron chi connectivity index (χ3n) is 5.57. The number of rotatable bonds is 10. The second-order valence-electron chi connectivity index (χ2n) is 8.24. The molecule has 3 heterocycles. The Kier molecular flexibility index (Phi) is 7.39. The standard InChI is InChI=1S/C23H29N3O5S/c1-2-6-20(28)31-14-15(27)11-26(12-16-7-5-10-30-16)13-19-24-22(29)21-17-8-3-4-9-18(17)32-23(21)25-19/h5,7,10,15,27H,2-4,6,8-9,11-14H2,1H3,(H,24,25,29)/t15-/m0/s1. The van der Waals surface area contributed by atoms with Crippen LogP contribution < -0.4 is 5.56 Å².